The number of nitrogens with zero attached hydrogens (tertiary/aromatic N) is 4. The van der Waals surface area contributed by atoms with Crippen molar-refractivity contribution in [1.82, 2.24) is 18.7 Å². The Kier molecular flexibility index (Phi) is 2.65. The lowest BCUT2D eigenvalue weighted by atomic mass is 10.2. The van der Waals surface area contributed by atoms with E-state index in [1.165, 1.54) is 11.6 Å². The minimum absolute atomic E-state index is 0.185. The Hall–Kier alpha value is -1.85. The van der Waals surface area contributed by atoms with E-state index in [-0.39, 0.29) is 17.3 Å². The molecule has 1 unspecified atom stereocenters. The van der Waals surface area contributed by atoms with Gasteiger partial charge < -0.3 is 4.57 Å². The van der Waals surface area contributed by atoms with Crippen molar-refractivity contribution in [2.45, 2.75) is 26.3 Å². The second-order valence-corrected chi connectivity index (χ2v) is 4.29. The smallest absolute Gasteiger partial charge is 0.322 e. The quantitative estimate of drug-likeness (QED) is 0.758. The molecule has 0 N–H and O–H groups in total. The summed E-state index contributed by atoms with van der Waals surface area (Å²) in [5.41, 5.74) is 0.292. The molecule has 0 spiro atoms. The van der Waals surface area contributed by atoms with E-state index in [2.05, 4.69) is 4.98 Å². The van der Waals surface area contributed by atoms with E-state index >= 15 is 0 Å². The van der Waals surface area contributed by atoms with Crippen LogP contribution in [0.25, 0.3) is 11.2 Å². The van der Waals surface area contributed by atoms with Crippen molar-refractivity contribution in [3.8, 4) is 0 Å². The molecule has 6 heteroatoms. The molecule has 0 aliphatic carbocycles. The first-order valence-electron chi connectivity index (χ1n) is 5.61. The number of hydrogen-bond acceptors (Lipinski definition) is 3. The maximum absolute atomic E-state index is 12.1. The second-order valence-electron chi connectivity index (χ2n) is 4.29. The van der Waals surface area contributed by atoms with Gasteiger partial charge in [0.2, 0.25) is 0 Å². The fourth-order valence-corrected chi connectivity index (χ4v) is 1.89. The van der Waals surface area contributed by atoms with E-state index in [4.69, 9.17) is 0 Å². The maximum Gasteiger partial charge on any atom is 0.332 e. The van der Waals surface area contributed by atoms with Crippen LogP contribution < -0.4 is 11.2 Å². The molecule has 0 radical (unpaired) electrons. The topological polar surface area (TPSA) is 61.8 Å². The normalized spacial score (nSPS) is 13.2. The Morgan fingerprint density at radius 2 is 1.94 bits per heavy atom. The first-order valence-corrected chi connectivity index (χ1v) is 5.61. The van der Waals surface area contributed by atoms with E-state index < -0.39 is 0 Å². The first kappa shape index (κ1) is 11.6. The number of aryl methyl sites for hydroxylation is 1. The summed E-state index contributed by atoms with van der Waals surface area (Å²) in [6.45, 7) is 4.06. The third-order valence-corrected chi connectivity index (χ3v) is 3.24. The van der Waals surface area contributed by atoms with Crippen LogP contribution >= 0.6 is 0 Å². The van der Waals surface area contributed by atoms with Crippen LogP contribution in [0.5, 0.6) is 0 Å². The predicted molar refractivity (Wildman–Crippen MR) is 65.2 cm³/mol. The molecular weight excluding hydrogens is 220 g/mol. The van der Waals surface area contributed by atoms with Gasteiger partial charge in [-0.05, 0) is 13.3 Å². The largest absolute Gasteiger partial charge is 0.332 e. The van der Waals surface area contributed by atoms with Gasteiger partial charge in [0, 0.05) is 20.1 Å². The minimum Gasteiger partial charge on any atom is -0.322 e. The van der Waals surface area contributed by atoms with Crippen LogP contribution in [0, 0.1) is 0 Å². The van der Waals surface area contributed by atoms with Gasteiger partial charge in [-0.1, -0.05) is 6.92 Å². The summed E-state index contributed by atoms with van der Waals surface area (Å²) in [4.78, 5) is 28.0. The van der Waals surface area contributed by atoms with Gasteiger partial charge in [0.15, 0.2) is 11.2 Å². The van der Waals surface area contributed by atoms with E-state index in [9.17, 15) is 9.59 Å². The van der Waals surface area contributed by atoms with Crippen LogP contribution in [0.1, 0.15) is 26.3 Å². The lowest BCUT2D eigenvalue weighted by molar-refractivity contribution is 0.541. The average Bonchev–Trinajstić information content (AvgIpc) is 2.77. The minimum atomic E-state index is -0.350. The highest BCUT2D eigenvalue weighted by Gasteiger charge is 2.16. The third-order valence-electron chi connectivity index (χ3n) is 3.24. The summed E-state index contributed by atoms with van der Waals surface area (Å²) in [6, 6.07) is 0.185. The Bertz CT molecular complexity index is 677. The standard InChI is InChI=1S/C11H16N4O2/c1-5-7(2)15-6-12-9-8(15)10(16)14(4)11(17)13(9)3/h6-7H,5H2,1-4H3. The molecule has 6 nitrogen and oxygen atoms in total. The van der Waals surface area contributed by atoms with E-state index in [0.717, 1.165) is 11.0 Å². The van der Waals surface area contributed by atoms with Crippen molar-refractivity contribution >= 4 is 11.2 Å². The fourth-order valence-electron chi connectivity index (χ4n) is 1.89. The highest BCUT2D eigenvalue weighted by atomic mass is 16.2. The molecule has 17 heavy (non-hydrogen) atoms. The molecule has 2 aromatic heterocycles. The molecule has 2 rings (SSSR count). The molecule has 0 aliphatic heterocycles. The zero-order valence-electron chi connectivity index (χ0n) is 10.5. The number of rotatable bonds is 2. The van der Waals surface area contributed by atoms with Crippen molar-refractivity contribution in [3.05, 3.63) is 27.2 Å². The van der Waals surface area contributed by atoms with Gasteiger partial charge in [-0.25, -0.2) is 9.78 Å². The highest BCUT2D eigenvalue weighted by Crippen LogP contribution is 2.15. The van der Waals surface area contributed by atoms with Gasteiger partial charge in [-0.3, -0.25) is 13.9 Å². The number of fused-ring (bicyclic) bond motifs is 1. The molecule has 0 saturated carbocycles. The van der Waals surface area contributed by atoms with Gasteiger partial charge in [0.25, 0.3) is 5.56 Å². The maximum atomic E-state index is 12.1. The Morgan fingerprint density at radius 1 is 1.29 bits per heavy atom. The summed E-state index contributed by atoms with van der Waals surface area (Å²) in [7, 11) is 3.11. The molecule has 2 aromatic rings. The van der Waals surface area contributed by atoms with Crippen LogP contribution in [-0.2, 0) is 14.1 Å². The van der Waals surface area contributed by atoms with Crippen molar-refractivity contribution in [2.24, 2.45) is 14.1 Å². The average molecular weight is 236 g/mol. The number of hydrogen-bond donors (Lipinski definition) is 0. The van der Waals surface area contributed by atoms with Crippen molar-refractivity contribution < 1.29 is 0 Å². The van der Waals surface area contributed by atoms with E-state index in [0.29, 0.717) is 11.2 Å². The van der Waals surface area contributed by atoms with Gasteiger partial charge in [-0.2, -0.15) is 0 Å². The van der Waals surface area contributed by atoms with Crippen molar-refractivity contribution in [1.29, 1.82) is 0 Å². The van der Waals surface area contributed by atoms with Crippen LogP contribution in [-0.4, -0.2) is 18.7 Å². The first-order chi connectivity index (χ1) is 7.99. The summed E-state index contributed by atoms with van der Waals surface area (Å²) < 4.78 is 4.34. The Labute approximate surface area is 98.1 Å². The number of imidazole rings is 1. The monoisotopic (exact) mass is 236 g/mol. The fraction of sp³-hybridized carbons (Fsp3) is 0.545. The zero-order valence-corrected chi connectivity index (χ0v) is 10.5. The Balaban J connectivity index is 2.96. The predicted octanol–water partition coefficient (Wildman–Crippen LogP) is 0.405. The van der Waals surface area contributed by atoms with Gasteiger partial charge in [0.1, 0.15) is 0 Å². The van der Waals surface area contributed by atoms with Gasteiger partial charge in [-0.15, -0.1) is 0 Å². The molecule has 2 heterocycles. The highest BCUT2D eigenvalue weighted by molar-refractivity contribution is 5.70. The van der Waals surface area contributed by atoms with E-state index in [1.54, 1.807) is 13.4 Å². The molecule has 0 aliphatic rings. The van der Waals surface area contributed by atoms with Gasteiger partial charge in [0.05, 0.1) is 6.33 Å². The van der Waals surface area contributed by atoms with Crippen LogP contribution in [0.3, 0.4) is 0 Å². The second kappa shape index (κ2) is 3.87. The molecule has 0 saturated heterocycles. The lowest BCUT2D eigenvalue weighted by Gasteiger charge is -2.11. The SMILES string of the molecule is CCC(C)n1cnc2c1c(=O)n(C)c(=O)n2C. The zero-order chi connectivity index (χ0) is 12.7. The van der Waals surface area contributed by atoms with Gasteiger partial charge >= 0.3 is 5.69 Å². The number of aromatic nitrogens is 4. The van der Waals surface area contributed by atoms with Crippen LogP contribution in [0.2, 0.25) is 0 Å². The van der Waals surface area contributed by atoms with Crippen LogP contribution in [0.15, 0.2) is 15.9 Å². The molecular formula is C11H16N4O2. The lowest BCUT2D eigenvalue weighted by Crippen LogP contribution is -2.37. The van der Waals surface area contributed by atoms with Crippen molar-refractivity contribution in [2.75, 3.05) is 0 Å². The Morgan fingerprint density at radius 3 is 2.53 bits per heavy atom. The summed E-state index contributed by atoms with van der Waals surface area (Å²) in [6.07, 6.45) is 2.52. The molecule has 1 atom stereocenters. The van der Waals surface area contributed by atoms with E-state index in [1.807, 2.05) is 18.4 Å². The molecule has 0 fully saturated rings. The molecule has 0 amide bonds. The van der Waals surface area contributed by atoms with Crippen LogP contribution in [0.4, 0.5) is 0 Å². The summed E-state index contributed by atoms with van der Waals surface area (Å²) in [5, 5.41) is 0. The molecule has 92 valence electrons. The summed E-state index contributed by atoms with van der Waals surface area (Å²) in [5.74, 6) is 0. The molecule has 0 bridgehead atoms. The van der Waals surface area contributed by atoms with Crippen molar-refractivity contribution in [3.63, 3.8) is 0 Å². The summed E-state index contributed by atoms with van der Waals surface area (Å²) >= 11 is 0. The third kappa shape index (κ3) is 1.51. The molecule has 0 aromatic carbocycles.